The summed E-state index contributed by atoms with van der Waals surface area (Å²) in [7, 11) is 0. The van der Waals surface area contributed by atoms with Gasteiger partial charge in [-0.05, 0) is 65.7 Å². The summed E-state index contributed by atoms with van der Waals surface area (Å²) in [6, 6.07) is 65.5. The largest absolute Gasteiger partial charge is 0.456 e. The molecule has 0 bridgehead atoms. The second-order valence-corrected chi connectivity index (χ2v) is 14.5. The van der Waals surface area contributed by atoms with Crippen LogP contribution in [0.15, 0.2) is 192 Å². The quantitative estimate of drug-likeness (QED) is 0.177. The second kappa shape index (κ2) is 12.3. The first-order valence-electron chi connectivity index (χ1n) is 19.1. The molecule has 6 nitrogen and oxygen atoms in total. The van der Waals surface area contributed by atoms with Gasteiger partial charge in [-0.3, -0.25) is 4.57 Å². The van der Waals surface area contributed by atoms with Crippen LogP contribution in [0.4, 0.5) is 0 Å². The summed E-state index contributed by atoms with van der Waals surface area (Å²) < 4.78 is 11.1. The number of aromatic nitrogens is 5. The Kier molecular flexibility index (Phi) is 6.83. The molecule has 0 spiro atoms. The van der Waals surface area contributed by atoms with E-state index in [1.807, 2.05) is 12.1 Å². The number of benzene rings is 8. The zero-order valence-corrected chi connectivity index (χ0v) is 30.5. The zero-order valence-electron chi connectivity index (χ0n) is 30.5. The molecule has 0 unspecified atom stereocenters. The maximum Gasteiger partial charge on any atom is 0.238 e. The molecule has 0 saturated heterocycles. The van der Waals surface area contributed by atoms with Gasteiger partial charge >= 0.3 is 0 Å². The topological polar surface area (TPSA) is 61.7 Å². The van der Waals surface area contributed by atoms with Crippen molar-refractivity contribution >= 4 is 65.6 Å². The van der Waals surface area contributed by atoms with Gasteiger partial charge in [0.2, 0.25) is 5.95 Å². The van der Waals surface area contributed by atoms with E-state index in [1.165, 1.54) is 10.8 Å². The molecular weight excluding hydrogens is 699 g/mol. The van der Waals surface area contributed by atoms with Crippen LogP contribution in [0.5, 0.6) is 0 Å². The minimum absolute atomic E-state index is 0.562. The predicted octanol–water partition coefficient (Wildman–Crippen LogP) is 13.0. The van der Waals surface area contributed by atoms with Crippen LogP contribution >= 0.6 is 0 Å². The van der Waals surface area contributed by atoms with Crippen molar-refractivity contribution < 1.29 is 4.42 Å². The van der Waals surface area contributed by atoms with Gasteiger partial charge in [0.15, 0.2) is 11.6 Å². The van der Waals surface area contributed by atoms with Crippen molar-refractivity contribution in [2.75, 3.05) is 0 Å². The van der Waals surface area contributed by atoms with Crippen LogP contribution in [0, 0.1) is 0 Å². The summed E-state index contributed by atoms with van der Waals surface area (Å²) in [6.07, 6.45) is 0. The van der Waals surface area contributed by atoms with E-state index in [4.69, 9.17) is 19.4 Å². The molecule has 0 atom stereocenters. The molecule has 12 aromatic rings. The lowest BCUT2D eigenvalue weighted by Crippen LogP contribution is -2.06. The maximum atomic E-state index is 6.59. The molecule has 0 aliphatic heterocycles. The first kappa shape index (κ1) is 31.5. The monoisotopic (exact) mass is 729 g/mol. The molecule has 0 aliphatic carbocycles. The lowest BCUT2D eigenvalue weighted by Gasteiger charge is -2.11. The van der Waals surface area contributed by atoms with Crippen LogP contribution < -0.4 is 0 Å². The summed E-state index contributed by atoms with van der Waals surface area (Å²) in [5.41, 5.74) is 11.2. The summed E-state index contributed by atoms with van der Waals surface area (Å²) in [5.74, 6) is 1.75. The SMILES string of the molecule is c1ccc(-c2ccc(-c3nc(-c4ccc5oc6cc7c(cc6c5c4)c4ccccc4n7-c4ccccc4)nc(-n4c5ccccc5c5ccccc54)n3)cc2)cc1. The van der Waals surface area contributed by atoms with Gasteiger partial charge in [0.1, 0.15) is 11.2 Å². The molecule has 266 valence electrons. The Morgan fingerprint density at radius 3 is 1.51 bits per heavy atom. The van der Waals surface area contributed by atoms with Crippen molar-refractivity contribution in [2.45, 2.75) is 0 Å². The van der Waals surface area contributed by atoms with Crippen molar-refractivity contribution in [1.82, 2.24) is 24.1 Å². The normalized spacial score (nSPS) is 11.9. The van der Waals surface area contributed by atoms with Crippen LogP contribution in [-0.2, 0) is 0 Å². The summed E-state index contributed by atoms with van der Waals surface area (Å²) >= 11 is 0. The van der Waals surface area contributed by atoms with Gasteiger partial charge in [0, 0.05) is 55.2 Å². The smallest absolute Gasteiger partial charge is 0.238 e. The van der Waals surface area contributed by atoms with E-state index in [2.05, 4.69) is 185 Å². The minimum Gasteiger partial charge on any atom is -0.456 e. The molecule has 0 N–H and O–H groups in total. The van der Waals surface area contributed by atoms with Crippen molar-refractivity contribution in [3.05, 3.63) is 188 Å². The maximum absolute atomic E-state index is 6.59. The standard InChI is InChI=1S/C51H31N5O/c1-3-13-32(14-4-1)33-23-25-34(26-24-33)49-52-50(54-51(53-49)56-44-21-11-7-17-37(44)38-18-8-12-22-45(38)56)35-27-28-47-41(29-35)42-30-40-39-19-9-10-20-43(39)55(36-15-5-2-6-16-36)46(40)31-48(42)57-47/h1-31H. The highest BCUT2D eigenvalue weighted by molar-refractivity contribution is 6.17. The number of rotatable bonds is 5. The van der Waals surface area contributed by atoms with Gasteiger partial charge in [-0.25, -0.2) is 4.98 Å². The van der Waals surface area contributed by atoms with Crippen molar-refractivity contribution in [1.29, 1.82) is 0 Å². The van der Waals surface area contributed by atoms with Crippen molar-refractivity contribution in [3.8, 4) is 45.5 Å². The van der Waals surface area contributed by atoms with Gasteiger partial charge in [0.05, 0.1) is 22.1 Å². The average molecular weight is 730 g/mol. The number of nitrogens with zero attached hydrogens (tertiary/aromatic N) is 5. The molecule has 0 amide bonds. The Hall–Kier alpha value is -7.83. The lowest BCUT2D eigenvalue weighted by molar-refractivity contribution is 0.669. The second-order valence-electron chi connectivity index (χ2n) is 14.5. The number of hydrogen-bond donors (Lipinski definition) is 0. The fourth-order valence-corrected chi connectivity index (χ4v) is 8.54. The third-order valence-electron chi connectivity index (χ3n) is 11.2. The summed E-state index contributed by atoms with van der Waals surface area (Å²) in [4.78, 5) is 15.6. The Morgan fingerprint density at radius 1 is 0.316 bits per heavy atom. The van der Waals surface area contributed by atoms with E-state index in [1.54, 1.807) is 0 Å². The molecular formula is C51H31N5O. The highest BCUT2D eigenvalue weighted by atomic mass is 16.3. The fourth-order valence-electron chi connectivity index (χ4n) is 8.54. The number of hydrogen-bond acceptors (Lipinski definition) is 4. The Balaban J connectivity index is 1.07. The summed E-state index contributed by atoms with van der Waals surface area (Å²) in [6.45, 7) is 0. The third-order valence-corrected chi connectivity index (χ3v) is 11.2. The average Bonchev–Trinajstić information content (AvgIpc) is 3.93. The molecule has 8 aromatic carbocycles. The van der Waals surface area contributed by atoms with E-state index < -0.39 is 0 Å². The van der Waals surface area contributed by atoms with Crippen LogP contribution in [0.3, 0.4) is 0 Å². The molecule has 6 heteroatoms. The van der Waals surface area contributed by atoms with Crippen LogP contribution in [0.25, 0.3) is 111 Å². The van der Waals surface area contributed by atoms with Crippen LogP contribution in [0.2, 0.25) is 0 Å². The van der Waals surface area contributed by atoms with Gasteiger partial charge < -0.3 is 8.98 Å². The van der Waals surface area contributed by atoms with E-state index in [0.717, 1.165) is 82.7 Å². The van der Waals surface area contributed by atoms with Crippen LogP contribution in [-0.4, -0.2) is 24.1 Å². The van der Waals surface area contributed by atoms with Gasteiger partial charge in [-0.15, -0.1) is 0 Å². The molecule has 4 aromatic heterocycles. The van der Waals surface area contributed by atoms with E-state index >= 15 is 0 Å². The molecule has 57 heavy (non-hydrogen) atoms. The van der Waals surface area contributed by atoms with Gasteiger partial charge in [0.25, 0.3) is 0 Å². The predicted molar refractivity (Wildman–Crippen MR) is 232 cm³/mol. The molecule has 0 saturated carbocycles. The minimum atomic E-state index is 0.562. The molecule has 0 radical (unpaired) electrons. The van der Waals surface area contributed by atoms with Crippen molar-refractivity contribution in [3.63, 3.8) is 0 Å². The van der Waals surface area contributed by atoms with E-state index in [9.17, 15) is 0 Å². The Labute approximate surface area is 326 Å². The molecule has 0 fully saturated rings. The summed E-state index contributed by atoms with van der Waals surface area (Å²) in [5, 5.41) is 6.72. The fraction of sp³-hybridized carbons (Fsp3) is 0. The number of para-hydroxylation sites is 4. The van der Waals surface area contributed by atoms with Gasteiger partial charge in [-0.2, -0.15) is 9.97 Å². The Morgan fingerprint density at radius 2 is 0.825 bits per heavy atom. The first-order valence-corrected chi connectivity index (χ1v) is 19.1. The highest BCUT2D eigenvalue weighted by Gasteiger charge is 2.20. The molecule has 12 rings (SSSR count). The molecule has 0 aliphatic rings. The van der Waals surface area contributed by atoms with Gasteiger partial charge in [-0.1, -0.05) is 127 Å². The van der Waals surface area contributed by atoms with Crippen LogP contribution in [0.1, 0.15) is 0 Å². The van der Waals surface area contributed by atoms with E-state index in [-0.39, 0.29) is 0 Å². The van der Waals surface area contributed by atoms with Crippen molar-refractivity contribution in [2.24, 2.45) is 0 Å². The lowest BCUT2D eigenvalue weighted by atomic mass is 10.0. The zero-order chi connectivity index (χ0) is 37.5. The molecule has 4 heterocycles. The number of fused-ring (bicyclic) bond motifs is 9. The highest BCUT2D eigenvalue weighted by Crippen LogP contribution is 2.40. The van der Waals surface area contributed by atoms with E-state index in [0.29, 0.717) is 17.6 Å². The number of furan rings is 1. The third kappa shape index (κ3) is 4.94. The first-order chi connectivity index (χ1) is 28.2. The Bertz CT molecular complexity index is 3450.